The minimum absolute atomic E-state index is 0. The zero-order valence-corrected chi connectivity index (χ0v) is 11.7. The van der Waals surface area contributed by atoms with Gasteiger partial charge in [0.2, 0.25) is 11.4 Å². The number of fused-ring (bicyclic) bond motifs is 2. The summed E-state index contributed by atoms with van der Waals surface area (Å²) >= 11 is 0. The summed E-state index contributed by atoms with van der Waals surface area (Å²) in [5, 5.41) is 4.37. The number of amides is 1. The van der Waals surface area contributed by atoms with Crippen molar-refractivity contribution in [2.45, 2.75) is 0 Å². The van der Waals surface area contributed by atoms with Crippen molar-refractivity contribution in [3.05, 3.63) is 24.1 Å². The Morgan fingerprint density at radius 2 is 2.24 bits per heavy atom. The van der Waals surface area contributed by atoms with Crippen LogP contribution in [0.5, 0.6) is 0 Å². The molecule has 2 aliphatic rings. The van der Waals surface area contributed by atoms with E-state index in [1.807, 2.05) is 0 Å². The molecule has 1 amide bonds. The zero-order chi connectivity index (χ0) is 13.7. The standard InChI is InChI=1S/C13H11N3O4.ClH/c17-12(10-8-2-1-3-14-11(8)15-20-10)16-4-7-6-19-13(18)9(7)5-16;/h1-3,7,9H,4-6H2;1H/t7-,9-;/m1./s1. The van der Waals surface area contributed by atoms with E-state index in [2.05, 4.69) is 10.1 Å². The van der Waals surface area contributed by atoms with Crippen molar-refractivity contribution in [3.8, 4) is 0 Å². The summed E-state index contributed by atoms with van der Waals surface area (Å²) in [6, 6.07) is 3.48. The summed E-state index contributed by atoms with van der Waals surface area (Å²) in [6.07, 6.45) is 1.59. The lowest BCUT2D eigenvalue weighted by Gasteiger charge is -2.15. The fourth-order valence-corrected chi connectivity index (χ4v) is 2.85. The number of ether oxygens (including phenoxy) is 1. The van der Waals surface area contributed by atoms with Crippen LogP contribution in [0.2, 0.25) is 0 Å². The van der Waals surface area contributed by atoms with E-state index in [9.17, 15) is 9.59 Å². The predicted octanol–water partition coefficient (Wildman–Crippen LogP) is 0.890. The number of cyclic esters (lactones) is 1. The molecule has 0 aliphatic carbocycles. The predicted molar refractivity (Wildman–Crippen MR) is 72.9 cm³/mol. The fraction of sp³-hybridized carbons (Fsp3) is 0.385. The molecule has 7 nitrogen and oxygen atoms in total. The number of hydrogen-bond donors (Lipinski definition) is 0. The number of esters is 1. The Hall–Kier alpha value is -2.15. The summed E-state index contributed by atoms with van der Waals surface area (Å²) < 4.78 is 10.1. The average molecular weight is 310 g/mol. The summed E-state index contributed by atoms with van der Waals surface area (Å²) in [6.45, 7) is 1.29. The van der Waals surface area contributed by atoms with E-state index in [1.54, 1.807) is 23.2 Å². The van der Waals surface area contributed by atoms with E-state index < -0.39 is 0 Å². The van der Waals surface area contributed by atoms with Crippen LogP contribution in [0.1, 0.15) is 10.6 Å². The minimum Gasteiger partial charge on any atom is -0.465 e. The molecule has 2 aliphatic heterocycles. The van der Waals surface area contributed by atoms with Gasteiger partial charge in [0.15, 0.2) is 0 Å². The van der Waals surface area contributed by atoms with Gasteiger partial charge in [-0.2, -0.15) is 0 Å². The second kappa shape index (κ2) is 5.00. The first-order valence-corrected chi connectivity index (χ1v) is 6.40. The highest BCUT2D eigenvalue weighted by Gasteiger charge is 2.46. The van der Waals surface area contributed by atoms with Crippen LogP contribution in [0.15, 0.2) is 22.9 Å². The molecule has 0 radical (unpaired) electrons. The number of rotatable bonds is 1. The third kappa shape index (κ3) is 2.04. The van der Waals surface area contributed by atoms with Crippen molar-refractivity contribution in [1.82, 2.24) is 15.0 Å². The van der Waals surface area contributed by atoms with Crippen LogP contribution in [0, 0.1) is 11.8 Å². The monoisotopic (exact) mass is 309 g/mol. The highest BCUT2D eigenvalue weighted by molar-refractivity contribution is 6.03. The largest absolute Gasteiger partial charge is 0.465 e. The summed E-state index contributed by atoms with van der Waals surface area (Å²) in [4.78, 5) is 29.6. The van der Waals surface area contributed by atoms with E-state index in [0.29, 0.717) is 30.7 Å². The quantitative estimate of drug-likeness (QED) is 0.727. The number of likely N-dealkylation sites (tertiary alicyclic amines) is 1. The van der Waals surface area contributed by atoms with Crippen LogP contribution in [0.3, 0.4) is 0 Å². The van der Waals surface area contributed by atoms with E-state index in [-0.39, 0.29) is 41.9 Å². The third-order valence-electron chi connectivity index (χ3n) is 3.92. The zero-order valence-electron chi connectivity index (χ0n) is 10.9. The Bertz CT molecular complexity index is 716. The van der Waals surface area contributed by atoms with E-state index in [1.165, 1.54) is 0 Å². The molecule has 2 aromatic heterocycles. The number of carbonyl (C=O) groups is 2. The third-order valence-corrected chi connectivity index (χ3v) is 3.92. The van der Waals surface area contributed by atoms with Crippen LogP contribution in [-0.4, -0.2) is 46.6 Å². The van der Waals surface area contributed by atoms with Crippen molar-refractivity contribution in [1.29, 1.82) is 0 Å². The fourth-order valence-electron chi connectivity index (χ4n) is 2.85. The Morgan fingerprint density at radius 3 is 3.05 bits per heavy atom. The van der Waals surface area contributed by atoms with Crippen molar-refractivity contribution in [3.63, 3.8) is 0 Å². The van der Waals surface area contributed by atoms with E-state index in [0.717, 1.165) is 0 Å². The van der Waals surface area contributed by atoms with Gasteiger partial charge in [-0.3, -0.25) is 9.59 Å². The molecular weight excluding hydrogens is 298 g/mol. The maximum atomic E-state index is 12.5. The van der Waals surface area contributed by atoms with Crippen LogP contribution < -0.4 is 0 Å². The molecule has 0 bridgehead atoms. The van der Waals surface area contributed by atoms with Gasteiger partial charge in [-0.05, 0) is 12.1 Å². The molecule has 2 saturated heterocycles. The topological polar surface area (TPSA) is 85.5 Å². The summed E-state index contributed by atoms with van der Waals surface area (Å²) in [5.74, 6) is -0.386. The average Bonchev–Trinajstić information content (AvgIpc) is 3.14. The van der Waals surface area contributed by atoms with Gasteiger partial charge >= 0.3 is 5.97 Å². The lowest BCUT2D eigenvalue weighted by atomic mass is 10.0. The van der Waals surface area contributed by atoms with Gasteiger partial charge in [-0.1, -0.05) is 5.16 Å². The smallest absolute Gasteiger partial charge is 0.311 e. The second-order valence-corrected chi connectivity index (χ2v) is 5.09. The SMILES string of the molecule is Cl.O=C1OC[C@H]2CN(C(=O)c3onc4ncccc34)C[C@@H]12. The van der Waals surface area contributed by atoms with Gasteiger partial charge in [0, 0.05) is 25.2 Å². The number of carbonyl (C=O) groups excluding carboxylic acids is 2. The molecule has 2 aromatic rings. The molecule has 0 unspecified atom stereocenters. The first-order chi connectivity index (χ1) is 9.74. The molecule has 2 fully saturated rings. The molecule has 4 heterocycles. The van der Waals surface area contributed by atoms with Crippen LogP contribution in [-0.2, 0) is 9.53 Å². The molecule has 2 atom stereocenters. The lowest BCUT2D eigenvalue weighted by molar-refractivity contribution is -0.141. The van der Waals surface area contributed by atoms with Crippen LogP contribution >= 0.6 is 12.4 Å². The first-order valence-electron chi connectivity index (χ1n) is 6.40. The van der Waals surface area contributed by atoms with Crippen molar-refractivity contribution >= 4 is 35.3 Å². The van der Waals surface area contributed by atoms with E-state index in [4.69, 9.17) is 9.26 Å². The number of pyridine rings is 1. The number of aromatic nitrogens is 2. The molecule has 0 saturated carbocycles. The van der Waals surface area contributed by atoms with Crippen molar-refractivity contribution in [2.24, 2.45) is 11.8 Å². The Labute approximate surface area is 125 Å². The maximum absolute atomic E-state index is 12.5. The maximum Gasteiger partial charge on any atom is 0.311 e. The molecule has 0 N–H and O–H groups in total. The molecule has 21 heavy (non-hydrogen) atoms. The number of nitrogens with zero attached hydrogens (tertiary/aromatic N) is 3. The highest BCUT2D eigenvalue weighted by atomic mass is 35.5. The lowest BCUT2D eigenvalue weighted by Crippen LogP contribution is -2.30. The molecule has 0 aromatic carbocycles. The van der Waals surface area contributed by atoms with Gasteiger partial charge in [-0.25, -0.2) is 4.98 Å². The van der Waals surface area contributed by atoms with E-state index >= 15 is 0 Å². The van der Waals surface area contributed by atoms with Crippen LogP contribution in [0.25, 0.3) is 11.0 Å². The van der Waals surface area contributed by atoms with Gasteiger partial charge in [0.25, 0.3) is 5.91 Å². The molecule has 8 heteroatoms. The first kappa shape index (κ1) is 13.8. The van der Waals surface area contributed by atoms with Gasteiger partial charge < -0.3 is 14.2 Å². The van der Waals surface area contributed by atoms with Gasteiger partial charge in [0.1, 0.15) is 0 Å². The number of halogens is 1. The second-order valence-electron chi connectivity index (χ2n) is 5.09. The van der Waals surface area contributed by atoms with Gasteiger partial charge in [-0.15, -0.1) is 12.4 Å². The molecule has 110 valence electrons. The van der Waals surface area contributed by atoms with Crippen molar-refractivity contribution in [2.75, 3.05) is 19.7 Å². The molecular formula is C13H12ClN3O4. The van der Waals surface area contributed by atoms with Gasteiger partial charge in [0.05, 0.1) is 17.9 Å². The Balaban J connectivity index is 0.00000132. The summed E-state index contributed by atoms with van der Waals surface area (Å²) in [7, 11) is 0. The number of hydrogen-bond acceptors (Lipinski definition) is 6. The molecule has 4 rings (SSSR count). The Morgan fingerprint density at radius 1 is 1.38 bits per heavy atom. The summed E-state index contributed by atoms with van der Waals surface area (Å²) in [5.41, 5.74) is 0.412. The van der Waals surface area contributed by atoms with Crippen LogP contribution in [0.4, 0.5) is 0 Å². The normalized spacial score (nSPS) is 23.8. The Kier molecular flexibility index (Phi) is 3.29. The van der Waals surface area contributed by atoms with Crippen molar-refractivity contribution < 1.29 is 18.8 Å². The minimum atomic E-state index is -0.247. The molecule has 0 spiro atoms. The highest BCUT2D eigenvalue weighted by Crippen LogP contribution is 2.31.